The first-order chi connectivity index (χ1) is 19.3. The Morgan fingerprint density at radius 2 is 1.63 bits per heavy atom. The second-order valence-corrected chi connectivity index (χ2v) is 8.98. The Morgan fingerprint density at radius 1 is 0.976 bits per heavy atom. The number of alkyl halides is 3. The third kappa shape index (κ3) is 5.83. The molecule has 4 aromatic rings. The number of hydrogen-bond acceptors (Lipinski definition) is 5. The first-order valence-electron chi connectivity index (χ1n) is 12.0. The van der Waals surface area contributed by atoms with Crippen LogP contribution in [0.3, 0.4) is 0 Å². The zero-order valence-corrected chi connectivity index (χ0v) is 21.3. The SMILES string of the molecule is Cc1c(-c2cccc(O)c2F)c(=O)n(CC(OC(N)=O)c2ccccc2)c(=O)n1Cc1c(F)cccc1C(F)(F)F. The molecule has 1 unspecified atom stereocenters. The van der Waals surface area contributed by atoms with Gasteiger partial charge in [0.25, 0.3) is 5.56 Å². The van der Waals surface area contributed by atoms with Crippen molar-refractivity contribution in [2.24, 2.45) is 5.73 Å². The van der Waals surface area contributed by atoms with Gasteiger partial charge in [-0.05, 0) is 30.7 Å². The number of ether oxygens (including phenoxy) is 1. The summed E-state index contributed by atoms with van der Waals surface area (Å²) in [6.45, 7) is -0.497. The zero-order chi connectivity index (χ0) is 30.1. The topological polar surface area (TPSA) is 117 Å². The van der Waals surface area contributed by atoms with Gasteiger partial charge in [0.1, 0.15) is 11.9 Å². The first-order valence-corrected chi connectivity index (χ1v) is 12.0. The minimum atomic E-state index is -4.99. The van der Waals surface area contributed by atoms with Crippen LogP contribution in [0.1, 0.15) is 28.5 Å². The Kier molecular flexibility index (Phi) is 7.99. The van der Waals surface area contributed by atoms with E-state index >= 15 is 4.39 Å². The lowest BCUT2D eigenvalue weighted by atomic mass is 10.0. The number of rotatable bonds is 7. The molecule has 1 aromatic heterocycles. The lowest BCUT2D eigenvalue weighted by Gasteiger charge is -2.22. The lowest BCUT2D eigenvalue weighted by molar-refractivity contribution is -0.138. The van der Waals surface area contributed by atoms with Crippen molar-refractivity contribution >= 4 is 6.09 Å². The van der Waals surface area contributed by atoms with Gasteiger partial charge in [0.15, 0.2) is 11.6 Å². The molecule has 0 aliphatic heterocycles. The van der Waals surface area contributed by atoms with E-state index in [1.54, 1.807) is 18.2 Å². The van der Waals surface area contributed by atoms with Crippen molar-refractivity contribution < 1.29 is 36.6 Å². The highest BCUT2D eigenvalue weighted by Crippen LogP contribution is 2.34. The molecule has 4 rings (SSSR count). The van der Waals surface area contributed by atoms with Crippen LogP contribution in [0.5, 0.6) is 5.75 Å². The standard InChI is InChI=1S/C28H22F5N3O5/c1-15-23(17-9-5-12-21(37)24(17)30)25(38)36(14-22(41-26(34)39)16-7-3-2-4-8-16)27(40)35(15)13-18-19(28(31,32)33)10-6-11-20(18)29/h2-12,22,37H,13-14H2,1H3,(H2,34,39). The maximum absolute atomic E-state index is 15.0. The highest BCUT2D eigenvalue weighted by molar-refractivity contribution is 5.67. The number of halogens is 5. The van der Waals surface area contributed by atoms with Crippen LogP contribution in [0, 0.1) is 18.6 Å². The van der Waals surface area contributed by atoms with Gasteiger partial charge >= 0.3 is 18.0 Å². The molecule has 0 aliphatic rings. The van der Waals surface area contributed by atoms with Gasteiger partial charge in [-0.1, -0.05) is 48.5 Å². The largest absolute Gasteiger partial charge is 0.505 e. The third-order valence-corrected chi connectivity index (χ3v) is 6.45. The summed E-state index contributed by atoms with van der Waals surface area (Å²) >= 11 is 0. The summed E-state index contributed by atoms with van der Waals surface area (Å²) < 4.78 is 77.4. The smallest absolute Gasteiger partial charge is 0.416 e. The molecule has 1 amide bonds. The fraction of sp³-hybridized carbons (Fsp3) is 0.179. The molecule has 3 N–H and O–H groups in total. The number of phenols is 1. The number of benzene rings is 3. The summed E-state index contributed by atoms with van der Waals surface area (Å²) in [5, 5.41) is 9.93. The van der Waals surface area contributed by atoms with Gasteiger partial charge in [-0.2, -0.15) is 13.2 Å². The van der Waals surface area contributed by atoms with Crippen molar-refractivity contribution in [1.29, 1.82) is 0 Å². The number of phenolic OH excluding ortho intramolecular Hbond substituents is 1. The van der Waals surface area contributed by atoms with Gasteiger partial charge < -0.3 is 15.6 Å². The highest BCUT2D eigenvalue weighted by atomic mass is 19.4. The molecule has 0 spiro atoms. The second-order valence-electron chi connectivity index (χ2n) is 8.98. The summed E-state index contributed by atoms with van der Waals surface area (Å²) in [6, 6.07) is 13.4. The Labute approximate surface area is 228 Å². The molecule has 41 heavy (non-hydrogen) atoms. The molecule has 0 radical (unpaired) electrons. The van der Waals surface area contributed by atoms with E-state index in [9.17, 15) is 37.1 Å². The number of aromatic nitrogens is 2. The quantitative estimate of drug-likeness (QED) is 0.305. The van der Waals surface area contributed by atoms with Crippen molar-refractivity contribution in [3.05, 3.63) is 122 Å². The number of carbonyl (C=O) groups excluding carboxylic acids is 1. The van der Waals surface area contributed by atoms with Gasteiger partial charge in [0.05, 0.1) is 24.2 Å². The number of hydrogen-bond donors (Lipinski definition) is 2. The van der Waals surface area contributed by atoms with Gasteiger partial charge in [0.2, 0.25) is 0 Å². The second kappa shape index (κ2) is 11.3. The predicted molar refractivity (Wildman–Crippen MR) is 137 cm³/mol. The van der Waals surface area contributed by atoms with Crippen LogP contribution in [0.15, 0.2) is 76.3 Å². The average Bonchev–Trinajstić information content (AvgIpc) is 2.91. The molecule has 3 aromatic carbocycles. The van der Waals surface area contributed by atoms with E-state index in [1.165, 1.54) is 25.1 Å². The van der Waals surface area contributed by atoms with Crippen LogP contribution in [0.4, 0.5) is 26.7 Å². The minimum Gasteiger partial charge on any atom is -0.505 e. The van der Waals surface area contributed by atoms with Crippen molar-refractivity contribution in [1.82, 2.24) is 9.13 Å². The Morgan fingerprint density at radius 3 is 2.27 bits per heavy atom. The van der Waals surface area contributed by atoms with Crippen LogP contribution in [-0.4, -0.2) is 20.3 Å². The lowest BCUT2D eigenvalue weighted by Crippen LogP contribution is -2.44. The fourth-order valence-corrected chi connectivity index (χ4v) is 4.50. The van der Waals surface area contributed by atoms with Crippen molar-refractivity contribution in [3.63, 3.8) is 0 Å². The zero-order valence-electron chi connectivity index (χ0n) is 21.3. The number of carbonyl (C=O) groups is 1. The van der Waals surface area contributed by atoms with Crippen LogP contribution in [-0.2, 0) is 24.0 Å². The molecule has 0 bridgehead atoms. The van der Waals surface area contributed by atoms with E-state index in [2.05, 4.69) is 0 Å². The van der Waals surface area contributed by atoms with Gasteiger partial charge in [-0.3, -0.25) is 13.9 Å². The van der Waals surface area contributed by atoms with Crippen LogP contribution < -0.4 is 17.0 Å². The maximum Gasteiger partial charge on any atom is 0.416 e. The van der Waals surface area contributed by atoms with E-state index < -0.39 is 82.3 Å². The minimum absolute atomic E-state index is 0.302. The number of nitrogens with zero attached hydrogens (tertiary/aromatic N) is 2. The third-order valence-electron chi connectivity index (χ3n) is 6.45. The summed E-state index contributed by atoms with van der Waals surface area (Å²) in [5.74, 6) is -3.34. The predicted octanol–water partition coefficient (Wildman–Crippen LogP) is 4.87. The molecule has 0 fully saturated rings. The summed E-state index contributed by atoms with van der Waals surface area (Å²) in [5.41, 5.74) is -0.311. The van der Waals surface area contributed by atoms with E-state index in [4.69, 9.17) is 10.5 Å². The number of nitrogens with two attached hydrogens (primary N) is 1. The molecule has 8 nitrogen and oxygen atoms in total. The summed E-state index contributed by atoms with van der Waals surface area (Å²) in [6.07, 6.45) is -7.56. The van der Waals surface area contributed by atoms with E-state index in [0.29, 0.717) is 20.8 Å². The maximum atomic E-state index is 15.0. The Balaban J connectivity index is 2.02. The monoisotopic (exact) mass is 575 g/mol. The normalized spacial score (nSPS) is 12.2. The van der Waals surface area contributed by atoms with Crippen molar-refractivity contribution in [2.45, 2.75) is 32.3 Å². The number of aromatic hydroxyl groups is 1. The molecule has 214 valence electrons. The van der Waals surface area contributed by atoms with Gasteiger partial charge in [0, 0.05) is 16.8 Å². The van der Waals surface area contributed by atoms with Gasteiger partial charge in [-0.15, -0.1) is 0 Å². The highest BCUT2D eigenvalue weighted by Gasteiger charge is 2.35. The molecular weight excluding hydrogens is 553 g/mol. The molecule has 0 saturated carbocycles. The van der Waals surface area contributed by atoms with Gasteiger partial charge in [-0.25, -0.2) is 18.4 Å². The molecular formula is C28H22F5N3O5. The first kappa shape index (κ1) is 29.1. The molecule has 13 heteroatoms. The number of amides is 1. The molecule has 1 heterocycles. The Hall–Kier alpha value is -4.94. The number of primary amides is 1. The van der Waals surface area contributed by atoms with Crippen LogP contribution in [0.2, 0.25) is 0 Å². The van der Waals surface area contributed by atoms with Crippen LogP contribution >= 0.6 is 0 Å². The van der Waals surface area contributed by atoms with Crippen molar-refractivity contribution in [3.8, 4) is 16.9 Å². The Bertz CT molecular complexity index is 1730. The molecule has 1 atom stereocenters. The average molecular weight is 575 g/mol. The van der Waals surface area contributed by atoms with E-state index in [1.807, 2.05) is 0 Å². The summed E-state index contributed by atoms with van der Waals surface area (Å²) in [7, 11) is 0. The van der Waals surface area contributed by atoms with Crippen molar-refractivity contribution in [2.75, 3.05) is 0 Å². The molecule has 0 aliphatic carbocycles. The van der Waals surface area contributed by atoms with E-state index in [-0.39, 0.29) is 5.69 Å². The van der Waals surface area contributed by atoms with Crippen LogP contribution in [0.25, 0.3) is 11.1 Å². The molecule has 0 saturated heterocycles. The van der Waals surface area contributed by atoms with E-state index in [0.717, 1.165) is 24.3 Å². The summed E-state index contributed by atoms with van der Waals surface area (Å²) in [4.78, 5) is 39.0. The fourth-order valence-electron chi connectivity index (χ4n) is 4.50.